The first-order valence-corrected chi connectivity index (χ1v) is 17.6. The molecule has 0 atom stereocenters. The van der Waals surface area contributed by atoms with Crippen LogP contribution in [0.1, 0.15) is 43.8 Å². The number of hydrogen-bond acceptors (Lipinski definition) is 11. The number of carbonyl (C=O) groups is 3. The van der Waals surface area contributed by atoms with Gasteiger partial charge in [-0.1, -0.05) is 24.3 Å². The number of aryl methyl sites for hydroxylation is 2. The minimum absolute atomic E-state index is 0.216. The third kappa shape index (κ3) is 8.06. The number of morpholine rings is 1. The number of nitrogens with one attached hydrogen (secondary N) is 2. The van der Waals surface area contributed by atoms with Crippen LogP contribution in [0.4, 0.5) is 11.9 Å². The minimum Gasteiger partial charge on any atom is -0.494 e. The van der Waals surface area contributed by atoms with E-state index >= 15 is 0 Å². The highest BCUT2D eigenvalue weighted by Gasteiger charge is 2.22. The number of anilines is 2. The molecule has 6 N–H and O–H groups in total. The van der Waals surface area contributed by atoms with Gasteiger partial charge in [-0.05, 0) is 44.2 Å². The molecule has 17 nitrogen and oxygen atoms in total. The van der Waals surface area contributed by atoms with E-state index in [4.69, 9.17) is 30.7 Å². The lowest BCUT2D eigenvalue weighted by Crippen LogP contribution is -2.36. The second-order valence-electron chi connectivity index (χ2n) is 12.6. The highest BCUT2D eigenvalue weighted by atomic mass is 16.5. The Hall–Kier alpha value is -6.20. The standard InChI is InChI=1S/C37H45N11O6/c1-5-48-28(18-23(2)44-48)35(51)43-37-42-26-19-24(33(38)49)21-29(52-4)31(26)47(37)12-7-6-11-46-32-27(41-36(46)40-3)20-25(34(39)50)22-30(32)54-15-9-8-10-45-13-16-53-17-14-45/h6-9,18-22H,5,10-17H2,1-4H3,(H2,38,49)(H2,39,50)(H,40,41)(H,42,43,51)/b7-6+,9-8+. The number of fused-ring (bicyclic) bond motifs is 2. The maximum Gasteiger partial charge on any atom is 0.276 e. The van der Waals surface area contributed by atoms with Gasteiger partial charge in [0.05, 0.1) is 37.1 Å². The topological polar surface area (TPSA) is 212 Å². The SMILES string of the molecule is CCn1nc(C)cc1C(=O)Nc1nc2cc(C(N)=O)cc(OC)c2n1C/C=C/Cn1c(NC)nc2cc(C(N)=O)cc(OC/C=C/CN3CCOCC3)c21. The fourth-order valence-corrected chi connectivity index (χ4v) is 6.36. The van der Waals surface area contributed by atoms with E-state index in [1.54, 1.807) is 46.6 Å². The second-order valence-corrected chi connectivity index (χ2v) is 12.6. The normalized spacial score (nSPS) is 13.7. The van der Waals surface area contributed by atoms with Gasteiger partial charge in [-0.15, -0.1) is 0 Å². The number of methoxy groups -OCH3 is 1. The predicted octanol–water partition coefficient (Wildman–Crippen LogP) is 2.93. The van der Waals surface area contributed by atoms with E-state index in [1.165, 1.54) is 7.11 Å². The zero-order valence-corrected chi connectivity index (χ0v) is 30.8. The van der Waals surface area contributed by atoms with Gasteiger partial charge in [0.25, 0.3) is 5.91 Å². The molecule has 4 heterocycles. The zero-order chi connectivity index (χ0) is 38.4. The Labute approximate surface area is 311 Å². The van der Waals surface area contributed by atoms with Crippen molar-refractivity contribution in [3.05, 3.63) is 77.2 Å². The van der Waals surface area contributed by atoms with Crippen LogP contribution in [0, 0.1) is 6.92 Å². The average molecular weight is 740 g/mol. The summed E-state index contributed by atoms with van der Waals surface area (Å²) >= 11 is 0. The van der Waals surface area contributed by atoms with Crippen molar-refractivity contribution in [2.24, 2.45) is 11.5 Å². The molecule has 0 bridgehead atoms. The number of aromatic nitrogens is 6. The van der Waals surface area contributed by atoms with Crippen molar-refractivity contribution in [3.8, 4) is 11.5 Å². The van der Waals surface area contributed by atoms with Crippen molar-refractivity contribution in [2.75, 3.05) is 64.2 Å². The summed E-state index contributed by atoms with van der Waals surface area (Å²) in [6.45, 7) is 9.12. The number of hydrogen-bond donors (Lipinski definition) is 4. The van der Waals surface area contributed by atoms with E-state index in [0.29, 0.717) is 64.0 Å². The molecule has 1 saturated heterocycles. The van der Waals surface area contributed by atoms with Gasteiger partial charge in [0.2, 0.25) is 23.7 Å². The summed E-state index contributed by atoms with van der Waals surface area (Å²) in [4.78, 5) is 49.6. The molecule has 3 aromatic heterocycles. The van der Waals surface area contributed by atoms with Gasteiger partial charge < -0.3 is 40.1 Å². The van der Waals surface area contributed by atoms with Gasteiger partial charge >= 0.3 is 0 Å². The van der Waals surface area contributed by atoms with Crippen molar-refractivity contribution < 1.29 is 28.6 Å². The van der Waals surface area contributed by atoms with E-state index in [-0.39, 0.29) is 30.2 Å². The Balaban J connectivity index is 1.29. The lowest BCUT2D eigenvalue weighted by atomic mass is 10.1. The number of benzene rings is 2. The van der Waals surface area contributed by atoms with Crippen molar-refractivity contribution in [3.63, 3.8) is 0 Å². The van der Waals surface area contributed by atoms with Crippen molar-refractivity contribution in [2.45, 2.75) is 33.5 Å². The van der Waals surface area contributed by atoms with Crippen molar-refractivity contribution in [1.82, 2.24) is 33.8 Å². The lowest BCUT2D eigenvalue weighted by molar-refractivity contribution is 0.0434. The van der Waals surface area contributed by atoms with Gasteiger partial charge in [0.15, 0.2) is 0 Å². The Morgan fingerprint density at radius 1 is 0.852 bits per heavy atom. The van der Waals surface area contributed by atoms with Crippen molar-refractivity contribution in [1.29, 1.82) is 0 Å². The monoisotopic (exact) mass is 739 g/mol. The Morgan fingerprint density at radius 2 is 1.44 bits per heavy atom. The van der Waals surface area contributed by atoms with Gasteiger partial charge in [-0.25, -0.2) is 9.97 Å². The van der Waals surface area contributed by atoms with E-state index in [9.17, 15) is 14.4 Å². The lowest BCUT2D eigenvalue weighted by Gasteiger charge is -2.25. The number of allylic oxidation sites excluding steroid dienone is 2. The second kappa shape index (κ2) is 16.6. The maximum absolute atomic E-state index is 13.5. The number of rotatable bonds is 16. The molecule has 6 rings (SSSR count). The van der Waals surface area contributed by atoms with Gasteiger partial charge in [-0.3, -0.25) is 29.3 Å². The number of imidazole rings is 2. The highest BCUT2D eigenvalue weighted by Crippen LogP contribution is 2.32. The van der Waals surface area contributed by atoms with Crippen LogP contribution >= 0.6 is 0 Å². The number of nitrogens with two attached hydrogens (primary N) is 2. The van der Waals surface area contributed by atoms with Crippen LogP contribution in [0.5, 0.6) is 11.5 Å². The van der Waals surface area contributed by atoms with Crippen LogP contribution < -0.4 is 31.6 Å². The summed E-state index contributed by atoms with van der Waals surface area (Å²) < 4.78 is 22.6. The molecule has 0 radical (unpaired) electrons. The van der Waals surface area contributed by atoms with Crippen LogP contribution in [0.15, 0.2) is 54.6 Å². The molecule has 1 aliphatic rings. The van der Waals surface area contributed by atoms with Crippen LogP contribution in [0.25, 0.3) is 22.1 Å². The van der Waals surface area contributed by atoms with Crippen LogP contribution in [0.3, 0.4) is 0 Å². The number of nitrogens with zero attached hydrogens (tertiary/aromatic N) is 7. The molecule has 0 spiro atoms. The summed E-state index contributed by atoms with van der Waals surface area (Å²) in [6, 6.07) is 8.09. The molecule has 0 saturated carbocycles. The fraction of sp³-hybridized carbons (Fsp3) is 0.351. The third-order valence-electron chi connectivity index (χ3n) is 9.00. The molecule has 5 aromatic rings. The number of primary amides is 2. The first-order chi connectivity index (χ1) is 26.1. The number of amides is 3. The smallest absolute Gasteiger partial charge is 0.276 e. The van der Waals surface area contributed by atoms with E-state index in [0.717, 1.165) is 32.8 Å². The highest BCUT2D eigenvalue weighted by molar-refractivity contribution is 6.04. The Kier molecular flexibility index (Phi) is 11.6. The Bertz CT molecular complexity index is 2240. The largest absolute Gasteiger partial charge is 0.494 e. The Morgan fingerprint density at radius 3 is 2.06 bits per heavy atom. The summed E-state index contributed by atoms with van der Waals surface area (Å²) in [5, 5.41) is 10.4. The molecular formula is C37H45N11O6. The van der Waals surface area contributed by atoms with Gasteiger partial charge in [0.1, 0.15) is 34.8 Å². The molecule has 1 fully saturated rings. The summed E-state index contributed by atoms with van der Waals surface area (Å²) in [5.41, 5.74) is 15.1. The van der Waals surface area contributed by atoms with Crippen LogP contribution in [-0.4, -0.2) is 105 Å². The van der Waals surface area contributed by atoms with E-state index in [2.05, 4.69) is 31.7 Å². The molecule has 0 aliphatic carbocycles. The number of ether oxygens (including phenoxy) is 3. The molecule has 2 aromatic carbocycles. The van der Waals surface area contributed by atoms with Crippen LogP contribution in [-0.2, 0) is 24.4 Å². The van der Waals surface area contributed by atoms with Gasteiger partial charge in [-0.2, -0.15) is 5.10 Å². The summed E-state index contributed by atoms with van der Waals surface area (Å²) in [5.74, 6) is -0.0126. The maximum atomic E-state index is 13.5. The quantitative estimate of drug-likeness (QED) is 0.108. The molecule has 54 heavy (non-hydrogen) atoms. The molecule has 0 unspecified atom stereocenters. The first kappa shape index (κ1) is 37.6. The zero-order valence-electron chi connectivity index (χ0n) is 30.8. The molecule has 1 aliphatic heterocycles. The fourth-order valence-electron chi connectivity index (χ4n) is 6.36. The van der Waals surface area contributed by atoms with Crippen molar-refractivity contribution >= 4 is 51.7 Å². The molecule has 17 heteroatoms. The van der Waals surface area contributed by atoms with E-state index < -0.39 is 17.7 Å². The number of carbonyl (C=O) groups excluding carboxylic acids is 3. The molecule has 284 valence electrons. The van der Waals surface area contributed by atoms with Crippen LogP contribution in [0.2, 0.25) is 0 Å². The predicted molar refractivity (Wildman–Crippen MR) is 204 cm³/mol. The first-order valence-electron chi connectivity index (χ1n) is 17.6. The third-order valence-corrected chi connectivity index (χ3v) is 9.00. The summed E-state index contributed by atoms with van der Waals surface area (Å²) in [6.07, 6.45) is 7.85. The van der Waals surface area contributed by atoms with E-state index in [1.807, 2.05) is 36.6 Å². The van der Waals surface area contributed by atoms with Gasteiger partial charge in [0, 0.05) is 57.4 Å². The molecule has 3 amide bonds. The molecular weight excluding hydrogens is 694 g/mol. The minimum atomic E-state index is -0.638. The summed E-state index contributed by atoms with van der Waals surface area (Å²) in [7, 11) is 3.25. The average Bonchev–Trinajstić information content (AvgIpc) is 3.85.